The minimum atomic E-state index is -0.821. The van der Waals surface area contributed by atoms with E-state index < -0.39 is 22.1 Å². The lowest BCUT2D eigenvalue weighted by atomic mass is 10.1. The number of benzene rings is 1. The molecule has 3 rings (SSSR count). The molecule has 0 fully saturated rings. The molecule has 0 unspecified atom stereocenters. The molecule has 0 aliphatic carbocycles. The average Bonchev–Trinajstić information content (AvgIpc) is 2.99. The molecule has 0 aliphatic heterocycles. The van der Waals surface area contributed by atoms with Crippen molar-refractivity contribution in [2.45, 2.75) is 6.92 Å². The Labute approximate surface area is 142 Å². The Morgan fingerprint density at radius 2 is 2.00 bits per heavy atom. The molecule has 2 heterocycles. The number of aromatic nitrogens is 3. The summed E-state index contributed by atoms with van der Waals surface area (Å²) in [6.45, 7) is 1.83. The molecule has 0 amide bonds. The zero-order valence-electron chi connectivity index (χ0n) is 12.1. The number of nitro groups is 1. The van der Waals surface area contributed by atoms with Gasteiger partial charge in [-0.25, -0.2) is 4.98 Å². The van der Waals surface area contributed by atoms with Gasteiger partial charge in [-0.3, -0.25) is 10.1 Å². The molecule has 0 spiro atoms. The maximum absolute atomic E-state index is 10.9. The van der Waals surface area contributed by atoms with Crippen molar-refractivity contribution in [3.8, 4) is 34.3 Å². The van der Waals surface area contributed by atoms with E-state index in [-0.39, 0.29) is 17.3 Å². The van der Waals surface area contributed by atoms with Crippen molar-refractivity contribution in [2.75, 3.05) is 0 Å². The van der Waals surface area contributed by atoms with Gasteiger partial charge in [0.2, 0.25) is 11.6 Å². The van der Waals surface area contributed by atoms with Crippen LogP contribution in [0.4, 0.5) is 5.69 Å². The van der Waals surface area contributed by atoms with Gasteiger partial charge in [0.05, 0.1) is 10.5 Å². The third-order valence-electron chi connectivity index (χ3n) is 3.17. The van der Waals surface area contributed by atoms with Gasteiger partial charge in [-0.05, 0) is 41.1 Å². The molecule has 0 saturated carbocycles. The Bertz CT molecular complexity index is 956. The first-order valence-corrected chi connectivity index (χ1v) is 7.34. The Hall–Kier alpha value is -3.01. The first-order valence-electron chi connectivity index (χ1n) is 6.55. The monoisotopic (exact) mass is 392 g/mol. The van der Waals surface area contributed by atoms with Crippen LogP contribution in [0.15, 0.2) is 33.4 Å². The Balaban J connectivity index is 2.07. The highest BCUT2D eigenvalue weighted by Crippen LogP contribution is 2.39. The predicted molar refractivity (Wildman–Crippen MR) is 85.4 cm³/mol. The summed E-state index contributed by atoms with van der Waals surface area (Å²) in [7, 11) is 0. The van der Waals surface area contributed by atoms with Gasteiger partial charge in [0.1, 0.15) is 4.60 Å². The zero-order valence-corrected chi connectivity index (χ0v) is 13.7. The highest BCUT2D eigenvalue weighted by molar-refractivity contribution is 9.10. The van der Waals surface area contributed by atoms with Gasteiger partial charge in [-0.1, -0.05) is 5.16 Å². The fraction of sp³-hybridized carbons (Fsp3) is 0.0714. The number of hydrogen-bond donors (Lipinski definition) is 2. The van der Waals surface area contributed by atoms with E-state index in [1.54, 1.807) is 12.1 Å². The van der Waals surface area contributed by atoms with Crippen molar-refractivity contribution in [1.82, 2.24) is 15.1 Å². The van der Waals surface area contributed by atoms with Crippen LogP contribution in [0.25, 0.3) is 22.8 Å². The van der Waals surface area contributed by atoms with E-state index in [1.807, 2.05) is 6.92 Å². The standard InChI is InChI=1S/C14H9BrN4O5/c1-6-2-3-8(12(15)16-6)14-17-13(18-24-14)7-4-9(19(22)23)11(21)10(20)5-7/h2-5,20-21H,1H3. The van der Waals surface area contributed by atoms with E-state index >= 15 is 0 Å². The minimum Gasteiger partial charge on any atom is -0.504 e. The van der Waals surface area contributed by atoms with Crippen LogP contribution in [0, 0.1) is 17.0 Å². The van der Waals surface area contributed by atoms with E-state index in [9.17, 15) is 20.3 Å². The van der Waals surface area contributed by atoms with Gasteiger partial charge in [0.15, 0.2) is 5.75 Å². The normalized spacial score (nSPS) is 10.8. The largest absolute Gasteiger partial charge is 0.504 e. The van der Waals surface area contributed by atoms with Crippen molar-refractivity contribution in [3.63, 3.8) is 0 Å². The van der Waals surface area contributed by atoms with E-state index in [1.165, 1.54) is 0 Å². The van der Waals surface area contributed by atoms with Gasteiger partial charge in [-0.15, -0.1) is 0 Å². The third kappa shape index (κ3) is 2.78. The SMILES string of the molecule is Cc1ccc(-c2nc(-c3cc(O)c(O)c([N+](=O)[O-])c3)no2)c(Br)n1. The van der Waals surface area contributed by atoms with Crippen molar-refractivity contribution in [2.24, 2.45) is 0 Å². The molecule has 3 aromatic rings. The van der Waals surface area contributed by atoms with Gasteiger partial charge >= 0.3 is 5.69 Å². The fourth-order valence-electron chi connectivity index (χ4n) is 2.01. The summed E-state index contributed by atoms with van der Waals surface area (Å²) in [6.07, 6.45) is 0. The first-order chi connectivity index (χ1) is 11.4. The molecule has 1 aromatic carbocycles. The highest BCUT2D eigenvalue weighted by Gasteiger charge is 2.22. The van der Waals surface area contributed by atoms with Crippen LogP contribution in [0.1, 0.15) is 5.69 Å². The Morgan fingerprint density at radius 3 is 2.67 bits per heavy atom. The molecule has 2 N–H and O–H groups in total. The zero-order chi connectivity index (χ0) is 17.4. The molecular formula is C14H9BrN4O5. The fourth-order valence-corrected chi connectivity index (χ4v) is 2.59. The maximum Gasteiger partial charge on any atom is 0.315 e. The quantitative estimate of drug-likeness (QED) is 0.300. The summed E-state index contributed by atoms with van der Waals surface area (Å²) in [5.41, 5.74) is 0.819. The average molecular weight is 393 g/mol. The van der Waals surface area contributed by atoms with Crippen molar-refractivity contribution in [3.05, 3.63) is 44.7 Å². The Kier molecular flexibility index (Phi) is 3.89. The number of aromatic hydroxyl groups is 2. The summed E-state index contributed by atoms with van der Waals surface area (Å²) in [5.74, 6) is -1.29. The van der Waals surface area contributed by atoms with Crippen LogP contribution in [-0.2, 0) is 0 Å². The number of aryl methyl sites for hydroxylation is 1. The van der Waals surface area contributed by atoms with E-state index in [0.717, 1.165) is 17.8 Å². The van der Waals surface area contributed by atoms with Crippen LogP contribution >= 0.6 is 15.9 Å². The van der Waals surface area contributed by atoms with Crippen LogP contribution in [0.2, 0.25) is 0 Å². The molecule has 0 saturated heterocycles. The van der Waals surface area contributed by atoms with E-state index in [0.29, 0.717) is 10.2 Å². The number of pyridine rings is 1. The van der Waals surface area contributed by atoms with Crippen molar-refractivity contribution < 1.29 is 19.7 Å². The molecule has 24 heavy (non-hydrogen) atoms. The van der Waals surface area contributed by atoms with Gasteiger partial charge in [0, 0.05) is 17.3 Å². The molecule has 0 bridgehead atoms. The lowest BCUT2D eigenvalue weighted by Gasteiger charge is -2.01. The second-order valence-corrected chi connectivity index (χ2v) is 5.59. The molecule has 0 atom stereocenters. The van der Waals surface area contributed by atoms with Crippen LogP contribution in [0.3, 0.4) is 0 Å². The molecule has 122 valence electrons. The summed E-state index contributed by atoms with van der Waals surface area (Å²) in [4.78, 5) is 18.5. The van der Waals surface area contributed by atoms with Crippen molar-refractivity contribution in [1.29, 1.82) is 0 Å². The first kappa shape index (κ1) is 15.9. The molecular weight excluding hydrogens is 384 g/mol. The number of rotatable bonds is 3. The number of halogens is 1. The number of phenolic OH excluding ortho intramolecular Hbond substituents is 2. The maximum atomic E-state index is 10.9. The molecule has 9 nitrogen and oxygen atoms in total. The summed E-state index contributed by atoms with van der Waals surface area (Å²) >= 11 is 3.30. The van der Waals surface area contributed by atoms with E-state index in [2.05, 4.69) is 31.1 Å². The van der Waals surface area contributed by atoms with Gasteiger partial charge < -0.3 is 14.7 Å². The number of nitrogens with zero attached hydrogens (tertiary/aromatic N) is 4. The van der Waals surface area contributed by atoms with Crippen LogP contribution < -0.4 is 0 Å². The van der Waals surface area contributed by atoms with E-state index in [4.69, 9.17) is 4.52 Å². The summed E-state index contributed by atoms with van der Waals surface area (Å²) < 4.78 is 5.66. The van der Waals surface area contributed by atoms with Gasteiger partial charge in [0.25, 0.3) is 5.89 Å². The molecule has 10 heteroatoms. The second kappa shape index (κ2) is 5.89. The third-order valence-corrected chi connectivity index (χ3v) is 3.77. The smallest absolute Gasteiger partial charge is 0.315 e. The van der Waals surface area contributed by atoms with Crippen molar-refractivity contribution >= 4 is 21.6 Å². The van der Waals surface area contributed by atoms with Gasteiger partial charge in [-0.2, -0.15) is 4.98 Å². The van der Waals surface area contributed by atoms with Crippen LogP contribution in [-0.4, -0.2) is 30.3 Å². The topological polar surface area (TPSA) is 135 Å². The van der Waals surface area contributed by atoms with Crippen LogP contribution in [0.5, 0.6) is 11.5 Å². The number of hydrogen-bond acceptors (Lipinski definition) is 8. The summed E-state index contributed by atoms with van der Waals surface area (Å²) in [5, 5.41) is 33.8. The second-order valence-electron chi connectivity index (χ2n) is 4.83. The number of phenols is 2. The highest BCUT2D eigenvalue weighted by atomic mass is 79.9. The predicted octanol–water partition coefficient (Wildman–Crippen LogP) is 3.19. The lowest BCUT2D eigenvalue weighted by molar-refractivity contribution is -0.385. The molecule has 0 aliphatic rings. The number of nitro benzene ring substituents is 1. The molecule has 2 aromatic heterocycles. The lowest BCUT2D eigenvalue weighted by Crippen LogP contribution is -1.91. The minimum absolute atomic E-state index is 0.0240. The summed E-state index contributed by atoms with van der Waals surface area (Å²) in [6, 6.07) is 5.66. The molecule has 0 radical (unpaired) electrons. The Morgan fingerprint density at radius 1 is 1.25 bits per heavy atom.